The first-order chi connectivity index (χ1) is 15.4. The number of carboxylic acids is 1. The van der Waals surface area contributed by atoms with E-state index < -0.39 is 5.97 Å². The molecule has 0 aliphatic carbocycles. The molecule has 1 aliphatic rings. The molecule has 0 atom stereocenters. The van der Waals surface area contributed by atoms with Crippen molar-refractivity contribution < 1.29 is 9.90 Å². The SMILES string of the molecule is CCc1cccc2c1N(Cc1c(Cl)cc(Cl)c(=O)n1CCc1ccc(C(=O)O)cc1)CC2. The molecule has 166 valence electrons. The fourth-order valence-electron chi connectivity index (χ4n) is 4.33. The smallest absolute Gasteiger partial charge is 0.335 e. The zero-order valence-corrected chi connectivity index (χ0v) is 19.3. The van der Waals surface area contributed by atoms with Gasteiger partial charge in [-0.25, -0.2) is 4.79 Å². The number of pyridine rings is 1. The van der Waals surface area contributed by atoms with Crippen molar-refractivity contribution in [2.24, 2.45) is 0 Å². The van der Waals surface area contributed by atoms with Gasteiger partial charge in [0.15, 0.2) is 0 Å². The summed E-state index contributed by atoms with van der Waals surface area (Å²) in [7, 11) is 0. The summed E-state index contributed by atoms with van der Waals surface area (Å²) in [5.41, 5.74) is 5.49. The summed E-state index contributed by atoms with van der Waals surface area (Å²) in [5.74, 6) is -0.964. The Hall–Kier alpha value is -2.76. The van der Waals surface area contributed by atoms with Crippen LogP contribution in [0.15, 0.2) is 53.3 Å². The number of anilines is 1. The van der Waals surface area contributed by atoms with E-state index in [1.807, 2.05) is 0 Å². The summed E-state index contributed by atoms with van der Waals surface area (Å²) in [5, 5.41) is 9.65. The molecule has 5 nitrogen and oxygen atoms in total. The van der Waals surface area contributed by atoms with E-state index >= 15 is 0 Å². The first-order valence-corrected chi connectivity index (χ1v) is 11.4. The fraction of sp³-hybridized carbons (Fsp3) is 0.280. The molecule has 4 rings (SSSR count). The lowest BCUT2D eigenvalue weighted by Gasteiger charge is -2.25. The molecule has 2 aromatic carbocycles. The number of aromatic nitrogens is 1. The maximum Gasteiger partial charge on any atom is 0.335 e. The number of benzene rings is 2. The molecule has 0 saturated carbocycles. The zero-order valence-electron chi connectivity index (χ0n) is 17.8. The van der Waals surface area contributed by atoms with Crippen LogP contribution in [0.1, 0.15) is 39.7 Å². The van der Waals surface area contributed by atoms with E-state index in [2.05, 4.69) is 30.0 Å². The quantitative estimate of drug-likeness (QED) is 0.513. The largest absolute Gasteiger partial charge is 0.478 e. The summed E-state index contributed by atoms with van der Waals surface area (Å²) in [6, 6.07) is 14.6. The lowest BCUT2D eigenvalue weighted by atomic mass is 10.1. The summed E-state index contributed by atoms with van der Waals surface area (Å²) in [4.78, 5) is 26.3. The summed E-state index contributed by atoms with van der Waals surface area (Å²) < 4.78 is 1.66. The van der Waals surface area contributed by atoms with Gasteiger partial charge in [0.1, 0.15) is 5.02 Å². The first kappa shape index (κ1) is 22.4. The third-order valence-corrected chi connectivity index (χ3v) is 6.62. The zero-order chi connectivity index (χ0) is 22.8. The van der Waals surface area contributed by atoms with Crippen LogP contribution >= 0.6 is 23.2 Å². The van der Waals surface area contributed by atoms with E-state index in [4.69, 9.17) is 28.3 Å². The third kappa shape index (κ3) is 4.41. The topological polar surface area (TPSA) is 62.5 Å². The maximum absolute atomic E-state index is 12.9. The summed E-state index contributed by atoms with van der Waals surface area (Å²) >= 11 is 12.8. The second-order valence-corrected chi connectivity index (χ2v) is 8.76. The Bertz CT molecular complexity index is 1220. The van der Waals surface area contributed by atoms with Crippen molar-refractivity contribution >= 4 is 34.9 Å². The Morgan fingerprint density at radius 1 is 1.09 bits per heavy atom. The average molecular weight is 471 g/mol. The summed E-state index contributed by atoms with van der Waals surface area (Å²) in [6.07, 6.45) is 2.46. The molecule has 1 aromatic heterocycles. The minimum atomic E-state index is -0.964. The minimum Gasteiger partial charge on any atom is -0.478 e. The molecule has 0 bridgehead atoms. The van der Waals surface area contributed by atoms with Crippen LogP contribution in [-0.2, 0) is 32.4 Å². The molecule has 3 aromatic rings. The van der Waals surface area contributed by atoms with E-state index in [1.54, 1.807) is 28.8 Å². The highest BCUT2D eigenvalue weighted by molar-refractivity contribution is 6.34. The second kappa shape index (κ2) is 9.39. The van der Waals surface area contributed by atoms with Crippen LogP contribution in [0.4, 0.5) is 5.69 Å². The minimum absolute atomic E-state index is 0.0936. The highest BCUT2D eigenvalue weighted by Gasteiger charge is 2.24. The van der Waals surface area contributed by atoms with Gasteiger partial charge < -0.3 is 14.6 Å². The first-order valence-electron chi connectivity index (χ1n) is 10.6. The molecular formula is C25H24Cl2N2O3. The van der Waals surface area contributed by atoms with Crippen LogP contribution in [0.3, 0.4) is 0 Å². The van der Waals surface area contributed by atoms with Crippen molar-refractivity contribution in [1.82, 2.24) is 4.57 Å². The van der Waals surface area contributed by atoms with Crippen LogP contribution in [0.5, 0.6) is 0 Å². The lowest BCUT2D eigenvalue weighted by molar-refractivity contribution is 0.0697. The normalized spacial score (nSPS) is 12.8. The van der Waals surface area contributed by atoms with E-state index in [0.29, 0.717) is 24.5 Å². The van der Waals surface area contributed by atoms with Crippen molar-refractivity contribution in [3.8, 4) is 0 Å². The highest BCUT2D eigenvalue weighted by atomic mass is 35.5. The molecule has 1 N–H and O–H groups in total. The van der Waals surface area contributed by atoms with Gasteiger partial charge >= 0.3 is 5.97 Å². The number of rotatable bonds is 7. The number of aryl methyl sites for hydroxylation is 2. The fourth-order valence-corrected chi connectivity index (χ4v) is 4.87. The predicted molar refractivity (Wildman–Crippen MR) is 128 cm³/mol. The van der Waals surface area contributed by atoms with Crippen LogP contribution in [-0.4, -0.2) is 22.2 Å². The molecule has 0 radical (unpaired) electrons. The van der Waals surface area contributed by atoms with Crippen molar-refractivity contribution in [3.63, 3.8) is 0 Å². The van der Waals surface area contributed by atoms with Crippen molar-refractivity contribution in [3.05, 3.63) is 96.9 Å². The standard InChI is InChI=1S/C25H24Cl2N2O3/c1-2-17-4-3-5-18-11-12-28(23(17)18)15-22-20(26)14-21(27)24(30)29(22)13-10-16-6-8-19(9-7-16)25(31)32/h3-9,14H,2,10-13,15H2,1H3,(H,31,32). The Kier molecular flexibility index (Phi) is 6.58. The highest BCUT2D eigenvalue weighted by Crippen LogP contribution is 2.34. The second-order valence-electron chi connectivity index (χ2n) is 7.95. The molecule has 0 amide bonds. The van der Waals surface area contributed by atoms with Crippen LogP contribution < -0.4 is 10.5 Å². The van der Waals surface area contributed by atoms with E-state index in [-0.39, 0.29) is 16.1 Å². The molecule has 32 heavy (non-hydrogen) atoms. The molecule has 0 fully saturated rings. The van der Waals surface area contributed by atoms with Crippen LogP contribution in [0.25, 0.3) is 0 Å². The number of halogens is 2. The molecule has 0 spiro atoms. The monoisotopic (exact) mass is 470 g/mol. The van der Waals surface area contributed by atoms with Crippen LogP contribution in [0, 0.1) is 0 Å². The van der Waals surface area contributed by atoms with Gasteiger partial charge in [-0.3, -0.25) is 4.79 Å². The van der Waals surface area contributed by atoms with Crippen LogP contribution in [0.2, 0.25) is 10.0 Å². The lowest BCUT2D eigenvalue weighted by Crippen LogP contribution is -2.30. The van der Waals surface area contributed by atoms with Gasteiger partial charge in [0.25, 0.3) is 5.56 Å². The van der Waals surface area contributed by atoms with Gasteiger partial charge in [-0.05, 0) is 54.2 Å². The maximum atomic E-state index is 12.9. The molecule has 7 heteroatoms. The van der Waals surface area contributed by atoms with Gasteiger partial charge in [0.2, 0.25) is 0 Å². The Labute approximate surface area is 196 Å². The van der Waals surface area contributed by atoms with Crippen molar-refractivity contribution in [1.29, 1.82) is 0 Å². The van der Waals surface area contributed by atoms with Crippen molar-refractivity contribution in [2.75, 3.05) is 11.4 Å². The number of aromatic carboxylic acids is 1. The van der Waals surface area contributed by atoms with Crippen molar-refractivity contribution in [2.45, 2.75) is 39.3 Å². The number of fused-ring (bicyclic) bond motifs is 1. The van der Waals surface area contributed by atoms with E-state index in [9.17, 15) is 9.59 Å². The van der Waals surface area contributed by atoms with Gasteiger partial charge in [-0.15, -0.1) is 0 Å². The number of hydrogen-bond donors (Lipinski definition) is 1. The molecule has 0 unspecified atom stereocenters. The van der Waals surface area contributed by atoms with E-state index in [0.717, 1.165) is 30.6 Å². The average Bonchev–Trinajstić information content (AvgIpc) is 3.20. The third-order valence-electron chi connectivity index (χ3n) is 6.02. The number of para-hydroxylation sites is 1. The Balaban J connectivity index is 1.64. The number of carbonyl (C=O) groups is 1. The molecule has 1 aliphatic heterocycles. The van der Waals surface area contributed by atoms with Gasteiger partial charge in [-0.2, -0.15) is 0 Å². The number of nitrogens with zero attached hydrogens (tertiary/aromatic N) is 2. The predicted octanol–water partition coefficient (Wildman–Crippen LogP) is 5.22. The van der Waals surface area contributed by atoms with E-state index in [1.165, 1.54) is 22.9 Å². The molecule has 2 heterocycles. The summed E-state index contributed by atoms with van der Waals surface area (Å²) in [6.45, 7) is 3.94. The molecular weight excluding hydrogens is 447 g/mol. The molecule has 0 saturated heterocycles. The Morgan fingerprint density at radius 3 is 2.53 bits per heavy atom. The Morgan fingerprint density at radius 2 is 1.84 bits per heavy atom. The van der Waals surface area contributed by atoms with Gasteiger partial charge in [0, 0.05) is 18.8 Å². The van der Waals surface area contributed by atoms with Gasteiger partial charge in [-0.1, -0.05) is 60.5 Å². The number of hydrogen-bond acceptors (Lipinski definition) is 3. The van der Waals surface area contributed by atoms with Gasteiger partial charge in [0.05, 0.1) is 22.8 Å². The number of carboxylic acid groups (broad SMARTS) is 1.